The topological polar surface area (TPSA) is 98.9 Å². The van der Waals surface area contributed by atoms with Crippen LogP contribution >= 0.6 is 0 Å². The van der Waals surface area contributed by atoms with Gasteiger partial charge in [-0.15, -0.1) is 0 Å². The first-order chi connectivity index (χ1) is 9.63. The molecule has 2 heterocycles. The first-order valence-corrected chi connectivity index (χ1v) is 5.81. The van der Waals surface area contributed by atoms with Gasteiger partial charge in [0.1, 0.15) is 11.9 Å². The molecular weight excluding hydrogens is 265 g/mol. The van der Waals surface area contributed by atoms with Gasteiger partial charge < -0.3 is 15.6 Å². The summed E-state index contributed by atoms with van der Waals surface area (Å²) in [5.41, 5.74) is 0.879. The number of halogens is 1. The van der Waals surface area contributed by atoms with Crippen molar-refractivity contribution >= 4 is 23.6 Å². The quantitative estimate of drug-likeness (QED) is 0.666. The molecule has 3 amide bonds. The predicted molar refractivity (Wildman–Crippen MR) is 68.5 cm³/mol. The van der Waals surface area contributed by atoms with Crippen molar-refractivity contribution in [3.8, 4) is 0 Å². The Hall–Kier alpha value is -2.90. The van der Waals surface area contributed by atoms with Crippen LogP contribution < -0.4 is 16.0 Å². The highest BCUT2D eigenvalue weighted by Crippen LogP contribution is 2.31. The van der Waals surface area contributed by atoms with Crippen molar-refractivity contribution in [1.29, 1.82) is 0 Å². The van der Waals surface area contributed by atoms with Crippen LogP contribution in [-0.2, 0) is 4.79 Å². The second-order valence-electron chi connectivity index (χ2n) is 4.19. The van der Waals surface area contributed by atoms with Gasteiger partial charge in [-0.1, -0.05) is 0 Å². The number of imidazole rings is 1. The summed E-state index contributed by atoms with van der Waals surface area (Å²) in [6.07, 6.45) is 3.02. The Morgan fingerprint density at radius 2 is 2.25 bits per heavy atom. The Bertz CT molecular complexity index is 670. The molecule has 0 fully saturated rings. The third-order valence-electron chi connectivity index (χ3n) is 2.85. The summed E-state index contributed by atoms with van der Waals surface area (Å²) in [5, 5.41) is 7.45. The molecule has 1 aromatic heterocycles. The summed E-state index contributed by atoms with van der Waals surface area (Å²) in [5.74, 6) is -0.640. The summed E-state index contributed by atoms with van der Waals surface area (Å²) < 4.78 is 13.2. The molecule has 3 rings (SSSR count). The van der Waals surface area contributed by atoms with E-state index in [-0.39, 0.29) is 5.95 Å². The van der Waals surface area contributed by atoms with E-state index in [0.717, 1.165) is 0 Å². The van der Waals surface area contributed by atoms with Crippen LogP contribution in [0.1, 0.15) is 11.6 Å². The van der Waals surface area contributed by atoms with Crippen molar-refractivity contribution in [3.63, 3.8) is 0 Å². The van der Waals surface area contributed by atoms with Crippen molar-refractivity contribution in [2.45, 2.75) is 6.04 Å². The van der Waals surface area contributed by atoms with Gasteiger partial charge in [-0.2, -0.15) is 0 Å². The average molecular weight is 275 g/mol. The number of nitrogens with one attached hydrogen (secondary N) is 4. The van der Waals surface area contributed by atoms with Crippen LogP contribution in [0.25, 0.3) is 0 Å². The van der Waals surface area contributed by atoms with E-state index in [1.54, 1.807) is 6.20 Å². The monoisotopic (exact) mass is 275 g/mol. The first kappa shape index (κ1) is 12.2. The summed E-state index contributed by atoms with van der Waals surface area (Å²) in [6.45, 7) is 0. The molecule has 1 aromatic carbocycles. The second-order valence-corrected chi connectivity index (χ2v) is 4.19. The fraction of sp³-hybridized carbons (Fsp3) is 0.0833. The Kier molecular flexibility index (Phi) is 2.82. The molecular formula is C12H10FN5O2. The Morgan fingerprint density at radius 3 is 3.00 bits per heavy atom. The summed E-state index contributed by atoms with van der Waals surface area (Å²) in [7, 11) is 0. The molecule has 0 saturated heterocycles. The maximum atomic E-state index is 13.2. The zero-order chi connectivity index (χ0) is 14.1. The van der Waals surface area contributed by atoms with Gasteiger partial charge >= 0.3 is 6.03 Å². The Morgan fingerprint density at radius 1 is 1.40 bits per heavy atom. The first-order valence-electron chi connectivity index (χ1n) is 5.81. The number of rotatable bonds is 2. The maximum absolute atomic E-state index is 13.2. The van der Waals surface area contributed by atoms with E-state index in [4.69, 9.17) is 0 Å². The normalized spacial score (nSPS) is 16.4. The van der Waals surface area contributed by atoms with Crippen molar-refractivity contribution in [2.75, 3.05) is 10.6 Å². The number of urea groups is 1. The molecule has 0 aliphatic carbocycles. The molecule has 8 heteroatoms. The SMILES string of the molecule is O=C(Nc1ncc[nH]1)NC1C(=O)Nc2ccc(F)cc21. The molecule has 1 aliphatic heterocycles. The van der Waals surface area contributed by atoms with Crippen molar-refractivity contribution < 1.29 is 14.0 Å². The van der Waals surface area contributed by atoms with E-state index in [1.165, 1.54) is 24.4 Å². The van der Waals surface area contributed by atoms with Crippen LogP contribution in [0, 0.1) is 5.82 Å². The van der Waals surface area contributed by atoms with Gasteiger partial charge in [-0.05, 0) is 18.2 Å². The summed E-state index contributed by atoms with van der Waals surface area (Å²) in [4.78, 5) is 30.0. The Balaban J connectivity index is 1.76. The number of anilines is 2. The fourth-order valence-electron chi connectivity index (χ4n) is 1.98. The van der Waals surface area contributed by atoms with Crippen LogP contribution in [-0.4, -0.2) is 21.9 Å². The van der Waals surface area contributed by atoms with Crippen molar-refractivity contribution in [1.82, 2.24) is 15.3 Å². The molecule has 102 valence electrons. The minimum absolute atomic E-state index is 0.250. The number of carbonyl (C=O) groups is 2. The van der Waals surface area contributed by atoms with E-state index in [9.17, 15) is 14.0 Å². The number of H-pyrrole nitrogens is 1. The van der Waals surface area contributed by atoms with Gasteiger partial charge in [0, 0.05) is 23.6 Å². The van der Waals surface area contributed by atoms with Gasteiger partial charge in [-0.25, -0.2) is 14.2 Å². The van der Waals surface area contributed by atoms with Crippen LogP contribution in [0.3, 0.4) is 0 Å². The van der Waals surface area contributed by atoms with E-state index >= 15 is 0 Å². The lowest BCUT2D eigenvalue weighted by atomic mass is 10.1. The standard InChI is InChI=1S/C12H10FN5O2/c13-6-1-2-8-7(5-6)9(10(19)16-8)17-12(20)18-11-14-3-4-15-11/h1-5,9H,(H,16,19)(H3,14,15,17,18,20). The highest BCUT2D eigenvalue weighted by molar-refractivity contribution is 6.05. The lowest BCUT2D eigenvalue weighted by Crippen LogP contribution is -2.36. The molecule has 7 nitrogen and oxygen atoms in total. The van der Waals surface area contributed by atoms with Gasteiger partial charge in [0.15, 0.2) is 0 Å². The van der Waals surface area contributed by atoms with E-state index in [0.29, 0.717) is 11.3 Å². The zero-order valence-corrected chi connectivity index (χ0v) is 10.1. The van der Waals surface area contributed by atoms with Crippen LogP contribution in [0.2, 0.25) is 0 Å². The molecule has 1 aliphatic rings. The van der Waals surface area contributed by atoms with Crippen LogP contribution in [0.15, 0.2) is 30.6 Å². The number of carbonyl (C=O) groups excluding carboxylic acids is 2. The molecule has 0 bridgehead atoms. The minimum Gasteiger partial charge on any atom is -0.331 e. The number of hydrogen-bond donors (Lipinski definition) is 4. The third-order valence-corrected chi connectivity index (χ3v) is 2.85. The lowest BCUT2D eigenvalue weighted by Gasteiger charge is -2.11. The summed E-state index contributed by atoms with van der Waals surface area (Å²) >= 11 is 0. The average Bonchev–Trinajstić information content (AvgIpc) is 3.00. The molecule has 1 unspecified atom stereocenters. The Labute approximate surface area is 112 Å². The molecule has 20 heavy (non-hydrogen) atoms. The largest absolute Gasteiger partial charge is 0.331 e. The number of benzene rings is 1. The van der Waals surface area contributed by atoms with Crippen LogP contribution in [0.4, 0.5) is 20.8 Å². The van der Waals surface area contributed by atoms with Gasteiger partial charge in [-0.3, -0.25) is 10.1 Å². The van der Waals surface area contributed by atoms with Crippen molar-refractivity contribution in [2.24, 2.45) is 0 Å². The van der Waals surface area contributed by atoms with Crippen LogP contribution in [0.5, 0.6) is 0 Å². The number of aromatic amines is 1. The molecule has 0 saturated carbocycles. The second kappa shape index (κ2) is 4.65. The molecule has 4 N–H and O–H groups in total. The minimum atomic E-state index is -0.935. The summed E-state index contributed by atoms with van der Waals surface area (Å²) in [6, 6.07) is 2.36. The highest BCUT2D eigenvalue weighted by Gasteiger charge is 2.32. The lowest BCUT2D eigenvalue weighted by molar-refractivity contribution is -0.117. The van der Waals surface area contributed by atoms with Gasteiger partial charge in [0.2, 0.25) is 5.95 Å². The molecule has 0 spiro atoms. The fourth-order valence-corrected chi connectivity index (χ4v) is 1.98. The van der Waals surface area contributed by atoms with Crippen molar-refractivity contribution in [3.05, 3.63) is 42.0 Å². The number of amides is 3. The predicted octanol–water partition coefficient (Wildman–Crippen LogP) is 1.36. The molecule has 1 atom stereocenters. The number of nitrogens with zero attached hydrogens (tertiary/aromatic N) is 1. The zero-order valence-electron chi connectivity index (χ0n) is 10.1. The third kappa shape index (κ3) is 2.18. The molecule has 2 aromatic rings. The number of aromatic nitrogens is 2. The smallest absolute Gasteiger partial charge is 0.322 e. The van der Waals surface area contributed by atoms with Gasteiger partial charge in [0.25, 0.3) is 5.91 Å². The van der Waals surface area contributed by atoms with E-state index in [1.807, 2.05) is 0 Å². The highest BCUT2D eigenvalue weighted by atomic mass is 19.1. The molecule has 0 radical (unpaired) electrons. The maximum Gasteiger partial charge on any atom is 0.322 e. The van der Waals surface area contributed by atoms with E-state index < -0.39 is 23.8 Å². The van der Waals surface area contributed by atoms with E-state index in [2.05, 4.69) is 25.9 Å². The number of hydrogen-bond acceptors (Lipinski definition) is 3. The van der Waals surface area contributed by atoms with Gasteiger partial charge in [0.05, 0.1) is 0 Å². The number of fused-ring (bicyclic) bond motifs is 1.